The van der Waals surface area contributed by atoms with E-state index in [1.54, 1.807) is 44.1 Å². The maximum Gasteiger partial charge on any atom is 0.409 e. The second kappa shape index (κ2) is 17.7. The molecule has 0 saturated carbocycles. The second-order valence-electron chi connectivity index (χ2n) is 11.0. The molecule has 1 saturated heterocycles. The van der Waals surface area contributed by atoms with Gasteiger partial charge in [-0.25, -0.2) is 14.8 Å². The lowest BCUT2D eigenvalue weighted by atomic mass is 10.1. The maximum atomic E-state index is 14.0. The lowest BCUT2D eigenvalue weighted by molar-refractivity contribution is -0.134. The minimum Gasteiger partial charge on any atom is -0.497 e. The van der Waals surface area contributed by atoms with Gasteiger partial charge >= 0.3 is 13.7 Å². The minimum absolute atomic E-state index is 0.00904. The smallest absolute Gasteiger partial charge is 0.409 e. The van der Waals surface area contributed by atoms with Gasteiger partial charge in [0, 0.05) is 37.3 Å². The summed E-state index contributed by atoms with van der Waals surface area (Å²) in [5.41, 5.74) is 1.91. The topological polar surface area (TPSA) is 149 Å². The van der Waals surface area contributed by atoms with Gasteiger partial charge < -0.3 is 33.6 Å². The molecular formula is C34H44N5O8P. The van der Waals surface area contributed by atoms with Crippen LogP contribution in [0, 0.1) is 0 Å². The Bertz CT molecular complexity index is 1560. The summed E-state index contributed by atoms with van der Waals surface area (Å²) in [5, 5.41) is 2.77. The average molecular weight is 682 g/mol. The summed E-state index contributed by atoms with van der Waals surface area (Å²) in [6.07, 6.45) is 0.858. The number of unbranched alkanes of at least 4 members (excludes halogenated alkanes) is 1. The fourth-order valence-electron chi connectivity index (χ4n) is 5.09. The molecule has 3 amide bonds. The number of carbonyl (C=O) groups is 3. The third kappa shape index (κ3) is 9.85. The molecule has 1 aromatic heterocycles. The van der Waals surface area contributed by atoms with E-state index in [1.807, 2.05) is 49.4 Å². The lowest BCUT2D eigenvalue weighted by Crippen LogP contribution is -2.57. The highest BCUT2D eigenvalue weighted by atomic mass is 31.2. The van der Waals surface area contributed by atoms with Crippen molar-refractivity contribution in [3.63, 3.8) is 0 Å². The molecular weight excluding hydrogens is 637 g/mol. The monoisotopic (exact) mass is 681 g/mol. The first-order valence-corrected chi connectivity index (χ1v) is 17.9. The van der Waals surface area contributed by atoms with E-state index in [0.717, 1.165) is 18.4 Å². The largest absolute Gasteiger partial charge is 0.497 e. The van der Waals surface area contributed by atoms with E-state index < -0.39 is 31.5 Å². The van der Waals surface area contributed by atoms with Crippen LogP contribution in [0.1, 0.15) is 44.1 Å². The number of ether oxygens (including phenoxy) is 2. The Hall–Kier alpha value is -4.32. The summed E-state index contributed by atoms with van der Waals surface area (Å²) >= 11 is 0. The zero-order chi connectivity index (χ0) is 34.5. The van der Waals surface area contributed by atoms with Crippen molar-refractivity contribution in [3.8, 4) is 28.4 Å². The first-order chi connectivity index (χ1) is 23.2. The highest BCUT2D eigenvalue weighted by Gasteiger charge is 2.37. The SMILES string of the molecule is CCCCOC(=O)N1CCN(C(=O)C(CP(=O)(OCC)OCC)NC(=O)c2cc(-c3ccc(OC)cc3)nc(-c3ccccc3)n2)CC1. The fourth-order valence-corrected chi connectivity index (χ4v) is 6.86. The van der Waals surface area contributed by atoms with Crippen LogP contribution in [-0.4, -0.2) is 103 Å². The van der Waals surface area contributed by atoms with Gasteiger partial charge in [-0.2, -0.15) is 0 Å². The standard InChI is InChI=1S/C34H44N5O8P/c1-5-8-22-45-34(42)39-20-18-38(19-21-39)33(41)30(24-48(43,46-6-2)47-7-3)37-32(40)29-23-28(25-14-16-27(44-4)17-15-25)35-31(36-29)26-12-10-9-11-13-26/h9-17,23,30H,5-8,18-22,24H2,1-4H3,(H,37,40). The Kier molecular flexibility index (Phi) is 13.5. The van der Waals surface area contributed by atoms with Gasteiger partial charge in [-0.1, -0.05) is 43.7 Å². The third-order valence-corrected chi connectivity index (χ3v) is 9.73. The zero-order valence-electron chi connectivity index (χ0n) is 27.9. The maximum absolute atomic E-state index is 14.0. The Morgan fingerprint density at radius 2 is 1.52 bits per heavy atom. The van der Waals surface area contributed by atoms with E-state index in [9.17, 15) is 18.9 Å². The molecule has 0 spiro atoms. The summed E-state index contributed by atoms with van der Waals surface area (Å²) < 4.78 is 35.3. The normalized spacial score (nSPS) is 13.9. The van der Waals surface area contributed by atoms with Gasteiger partial charge in [-0.15, -0.1) is 0 Å². The number of hydrogen-bond acceptors (Lipinski definition) is 10. The lowest BCUT2D eigenvalue weighted by Gasteiger charge is -2.36. The van der Waals surface area contributed by atoms with Crippen LogP contribution >= 0.6 is 7.60 Å². The van der Waals surface area contributed by atoms with Gasteiger partial charge in [-0.05, 0) is 50.6 Å². The summed E-state index contributed by atoms with van der Waals surface area (Å²) in [6, 6.07) is 16.7. The van der Waals surface area contributed by atoms with E-state index in [-0.39, 0.29) is 51.2 Å². The van der Waals surface area contributed by atoms with Crippen LogP contribution in [0.2, 0.25) is 0 Å². The number of nitrogens with one attached hydrogen (secondary N) is 1. The third-order valence-electron chi connectivity index (χ3n) is 7.61. The van der Waals surface area contributed by atoms with Crippen LogP contribution in [-0.2, 0) is 23.1 Å². The molecule has 14 heteroatoms. The van der Waals surface area contributed by atoms with Gasteiger partial charge in [0.15, 0.2) is 5.82 Å². The molecule has 258 valence electrons. The van der Waals surface area contributed by atoms with E-state index in [4.69, 9.17) is 23.5 Å². The summed E-state index contributed by atoms with van der Waals surface area (Å²) in [7, 11) is -2.21. The number of carbonyl (C=O) groups excluding carboxylic acids is 3. The quantitative estimate of drug-likeness (QED) is 0.166. The highest BCUT2D eigenvalue weighted by molar-refractivity contribution is 7.54. The Morgan fingerprint density at radius 3 is 2.12 bits per heavy atom. The van der Waals surface area contributed by atoms with Crippen LogP contribution in [0.4, 0.5) is 4.79 Å². The Morgan fingerprint density at radius 1 is 0.875 bits per heavy atom. The van der Waals surface area contributed by atoms with E-state index >= 15 is 0 Å². The molecule has 4 rings (SSSR count). The number of rotatable bonds is 15. The number of hydrogen-bond donors (Lipinski definition) is 1. The van der Waals surface area contributed by atoms with Gasteiger partial charge in [0.05, 0.1) is 38.8 Å². The van der Waals surface area contributed by atoms with Gasteiger partial charge in [0.1, 0.15) is 17.5 Å². The van der Waals surface area contributed by atoms with E-state index in [0.29, 0.717) is 29.4 Å². The van der Waals surface area contributed by atoms with Crippen LogP contribution in [0.15, 0.2) is 60.7 Å². The van der Waals surface area contributed by atoms with Crippen molar-refractivity contribution in [2.75, 3.05) is 59.3 Å². The van der Waals surface area contributed by atoms with Crippen LogP contribution < -0.4 is 10.1 Å². The van der Waals surface area contributed by atoms with E-state index in [2.05, 4.69) is 10.3 Å². The minimum atomic E-state index is -3.79. The van der Waals surface area contributed by atoms with Crippen molar-refractivity contribution in [2.24, 2.45) is 0 Å². The van der Waals surface area contributed by atoms with Crippen molar-refractivity contribution in [1.82, 2.24) is 25.1 Å². The van der Waals surface area contributed by atoms with Crippen LogP contribution in [0.5, 0.6) is 5.75 Å². The second-order valence-corrected chi connectivity index (χ2v) is 13.1. The van der Waals surface area contributed by atoms with Crippen molar-refractivity contribution < 1.29 is 37.5 Å². The summed E-state index contributed by atoms with van der Waals surface area (Å²) in [5.74, 6) is -0.166. The number of aromatic nitrogens is 2. The molecule has 0 radical (unpaired) electrons. The molecule has 0 bridgehead atoms. The number of piperazine rings is 1. The number of methoxy groups -OCH3 is 1. The molecule has 1 aliphatic rings. The predicted octanol–water partition coefficient (Wildman–Crippen LogP) is 5.26. The molecule has 1 unspecified atom stereocenters. The average Bonchev–Trinajstić information content (AvgIpc) is 3.11. The van der Waals surface area contributed by atoms with E-state index in [1.165, 1.54) is 4.90 Å². The van der Waals surface area contributed by atoms with Crippen molar-refractivity contribution in [2.45, 2.75) is 39.7 Å². The van der Waals surface area contributed by atoms with Gasteiger partial charge in [-0.3, -0.25) is 14.2 Å². The number of benzene rings is 2. The van der Waals surface area contributed by atoms with Crippen LogP contribution in [0.25, 0.3) is 22.6 Å². The zero-order valence-corrected chi connectivity index (χ0v) is 28.8. The molecule has 1 fully saturated rings. The predicted molar refractivity (Wildman–Crippen MR) is 181 cm³/mol. The van der Waals surface area contributed by atoms with Crippen LogP contribution in [0.3, 0.4) is 0 Å². The summed E-state index contributed by atoms with van der Waals surface area (Å²) in [6.45, 7) is 6.78. The highest BCUT2D eigenvalue weighted by Crippen LogP contribution is 2.48. The molecule has 2 heterocycles. The van der Waals surface area contributed by atoms with Gasteiger partial charge in [0.2, 0.25) is 5.91 Å². The molecule has 3 aromatic rings. The Balaban J connectivity index is 1.62. The molecule has 0 aliphatic carbocycles. The molecule has 2 aromatic carbocycles. The number of amides is 3. The van der Waals surface area contributed by atoms with Gasteiger partial charge in [0.25, 0.3) is 5.91 Å². The first-order valence-electron chi connectivity index (χ1n) is 16.2. The van der Waals surface area contributed by atoms with Crippen molar-refractivity contribution in [1.29, 1.82) is 0 Å². The molecule has 1 aliphatic heterocycles. The molecule has 1 N–H and O–H groups in total. The first kappa shape index (κ1) is 36.5. The Labute approximate surface area is 281 Å². The molecule has 1 atom stereocenters. The molecule has 48 heavy (non-hydrogen) atoms. The van der Waals surface area contributed by atoms with Crippen molar-refractivity contribution >= 4 is 25.5 Å². The fraction of sp³-hybridized carbons (Fsp3) is 0.441. The molecule has 13 nitrogen and oxygen atoms in total. The van der Waals surface area contributed by atoms with Crippen molar-refractivity contribution in [3.05, 3.63) is 66.4 Å². The summed E-state index contributed by atoms with van der Waals surface area (Å²) in [4.78, 5) is 52.7. The number of nitrogens with zero attached hydrogens (tertiary/aromatic N) is 4.